The van der Waals surface area contributed by atoms with Gasteiger partial charge >= 0.3 is 0 Å². The molecule has 2 heterocycles. The van der Waals surface area contributed by atoms with Crippen molar-refractivity contribution < 1.29 is 22.0 Å². The Morgan fingerprint density at radius 3 is 2.72 bits per heavy atom. The van der Waals surface area contributed by atoms with E-state index in [1.165, 1.54) is 15.6 Å². The normalized spacial score (nSPS) is 19.3. The molecule has 25 heavy (non-hydrogen) atoms. The van der Waals surface area contributed by atoms with E-state index in [4.69, 9.17) is 5.73 Å². The highest BCUT2D eigenvalue weighted by atomic mass is 35.5. The van der Waals surface area contributed by atoms with Crippen LogP contribution in [0.25, 0.3) is 0 Å². The van der Waals surface area contributed by atoms with E-state index in [0.717, 1.165) is 4.88 Å². The molecule has 144 valence electrons. The molecule has 1 saturated heterocycles. The first kappa shape index (κ1) is 22.2. The number of carbonyl (C=O) groups is 1. The lowest BCUT2D eigenvalue weighted by Crippen LogP contribution is -2.48. The standard InChI is InChI=1S/C14H21F2N3O3S2.ClH/c1-10-4-5-12(23-10)24(21,22)19-6-2-3-11(7-19)13(20)18-9-14(15,16)8-17;/h4-5,11H,2-3,6-9,17H2,1H3,(H,18,20);1H. The van der Waals surface area contributed by atoms with Gasteiger partial charge in [0.15, 0.2) is 0 Å². The van der Waals surface area contributed by atoms with Crippen molar-refractivity contribution in [2.75, 3.05) is 26.2 Å². The van der Waals surface area contributed by atoms with E-state index in [-0.39, 0.29) is 23.2 Å². The van der Waals surface area contributed by atoms with Crippen LogP contribution in [0.1, 0.15) is 17.7 Å². The van der Waals surface area contributed by atoms with Gasteiger partial charge in [0.2, 0.25) is 5.91 Å². The summed E-state index contributed by atoms with van der Waals surface area (Å²) < 4.78 is 52.9. The van der Waals surface area contributed by atoms with Crippen molar-refractivity contribution in [3.63, 3.8) is 0 Å². The van der Waals surface area contributed by atoms with Crippen molar-refractivity contribution in [3.8, 4) is 0 Å². The van der Waals surface area contributed by atoms with E-state index >= 15 is 0 Å². The Labute approximate surface area is 156 Å². The summed E-state index contributed by atoms with van der Waals surface area (Å²) in [4.78, 5) is 12.9. The number of rotatable bonds is 6. The Balaban J connectivity index is 0.00000312. The molecule has 1 aliphatic heterocycles. The second kappa shape index (κ2) is 8.72. The third kappa shape index (κ3) is 5.58. The monoisotopic (exact) mass is 417 g/mol. The number of nitrogens with zero attached hydrogens (tertiary/aromatic N) is 1. The molecule has 1 aliphatic rings. The van der Waals surface area contributed by atoms with E-state index in [2.05, 4.69) is 5.32 Å². The minimum atomic E-state index is -3.65. The topological polar surface area (TPSA) is 92.5 Å². The molecule has 11 heteroatoms. The summed E-state index contributed by atoms with van der Waals surface area (Å²) in [5.74, 6) is -4.36. The smallest absolute Gasteiger partial charge is 0.277 e. The number of thiophene rings is 1. The molecule has 0 bridgehead atoms. The lowest BCUT2D eigenvalue weighted by atomic mass is 9.99. The predicted octanol–water partition coefficient (Wildman–Crippen LogP) is 1.59. The summed E-state index contributed by atoms with van der Waals surface area (Å²) in [5.41, 5.74) is 4.93. The van der Waals surface area contributed by atoms with Crippen molar-refractivity contribution in [2.45, 2.75) is 29.9 Å². The molecule has 0 saturated carbocycles. The lowest BCUT2D eigenvalue weighted by Gasteiger charge is -2.31. The molecule has 1 fully saturated rings. The number of carbonyl (C=O) groups excluding carboxylic acids is 1. The number of aryl methyl sites for hydroxylation is 1. The van der Waals surface area contributed by atoms with Gasteiger partial charge in [-0.15, -0.1) is 23.7 Å². The van der Waals surface area contributed by atoms with Crippen LogP contribution < -0.4 is 11.1 Å². The van der Waals surface area contributed by atoms with Gasteiger partial charge in [-0.2, -0.15) is 4.31 Å². The number of alkyl halides is 2. The first-order valence-electron chi connectivity index (χ1n) is 7.58. The summed E-state index contributed by atoms with van der Waals surface area (Å²) in [5, 5.41) is 2.17. The Morgan fingerprint density at radius 2 is 2.16 bits per heavy atom. The number of halogens is 3. The Morgan fingerprint density at radius 1 is 1.48 bits per heavy atom. The maximum atomic E-state index is 13.1. The fourth-order valence-electron chi connectivity index (χ4n) is 2.49. The van der Waals surface area contributed by atoms with Crippen LogP contribution in [0.5, 0.6) is 0 Å². The third-order valence-corrected chi connectivity index (χ3v) is 7.22. The van der Waals surface area contributed by atoms with E-state index in [1.807, 2.05) is 6.92 Å². The van der Waals surface area contributed by atoms with Gasteiger partial charge in [-0.1, -0.05) is 0 Å². The second-order valence-corrected chi connectivity index (χ2v) is 9.30. The van der Waals surface area contributed by atoms with Crippen molar-refractivity contribution in [3.05, 3.63) is 17.0 Å². The summed E-state index contributed by atoms with van der Waals surface area (Å²) in [6.45, 7) is 0.445. The molecule has 1 aromatic heterocycles. The average molecular weight is 418 g/mol. The van der Waals surface area contributed by atoms with Crippen LogP contribution in [0.15, 0.2) is 16.3 Å². The molecule has 1 aromatic rings. The predicted molar refractivity (Wildman–Crippen MR) is 94.8 cm³/mol. The fourth-order valence-corrected chi connectivity index (χ4v) is 5.45. The lowest BCUT2D eigenvalue weighted by molar-refractivity contribution is -0.127. The van der Waals surface area contributed by atoms with Gasteiger partial charge in [-0.3, -0.25) is 4.79 Å². The Kier molecular flexibility index (Phi) is 7.75. The maximum absolute atomic E-state index is 13.1. The number of nitrogens with one attached hydrogen (secondary N) is 1. The second-order valence-electron chi connectivity index (χ2n) is 5.85. The average Bonchev–Trinajstić information content (AvgIpc) is 3.00. The van der Waals surface area contributed by atoms with Crippen LogP contribution in [0.4, 0.5) is 8.78 Å². The van der Waals surface area contributed by atoms with E-state index in [9.17, 15) is 22.0 Å². The molecule has 0 aromatic carbocycles. The van der Waals surface area contributed by atoms with Gasteiger partial charge in [0.25, 0.3) is 15.9 Å². The molecular weight excluding hydrogens is 396 g/mol. The molecular formula is C14H22ClF2N3O3S2. The molecule has 3 N–H and O–H groups in total. The van der Waals surface area contributed by atoms with Gasteiger partial charge in [-0.05, 0) is 31.9 Å². The van der Waals surface area contributed by atoms with Crippen molar-refractivity contribution in [1.29, 1.82) is 0 Å². The molecule has 6 nitrogen and oxygen atoms in total. The zero-order valence-corrected chi connectivity index (χ0v) is 16.2. The highest BCUT2D eigenvalue weighted by molar-refractivity contribution is 7.91. The summed E-state index contributed by atoms with van der Waals surface area (Å²) in [6, 6.07) is 3.27. The highest BCUT2D eigenvalue weighted by Crippen LogP contribution is 2.28. The minimum Gasteiger partial charge on any atom is -0.350 e. The number of nitrogens with two attached hydrogens (primary N) is 1. The highest BCUT2D eigenvalue weighted by Gasteiger charge is 2.35. The first-order valence-corrected chi connectivity index (χ1v) is 9.83. The van der Waals surface area contributed by atoms with Gasteiger partial charge < -0.3 is 11.1 Å². The summed E-state index contributed by atoms with van der Waals surface area (Å²) in [6.07, 6.45) is 0.977. The number of hydrogen-bond acceptors (Lipinski definition) is 5. The number of amides is 1. The largest absolute Gasteiger partial charge is 0.350 e. The molecule has 1 atom stereocenters. The van der Waals surface area contributed by atoms with Crippen molar-refractivity contribution in [2.24, 2.45) is 11.7 Å². The molecule has 0 aliphatic carbocycles. The van der Waals surface area contributed by atoms with Crippen LogP contribution in [0.2, 0.25) is 0 Å². The SMILES string of the molecule is Cc1ccc(S(=O)(=O)N2CCCC(C(=O)NCC(F)(F)CN)C2)s1.Cl. The summed E-state index contributed by atoms with van der Waals surface area (Å²) in [7, 11) is -3.65. The molecule has 0 spiro atoms. The van der Waals surface area contributed by atoms with Crippen LogP contribution in [-0.2, 0) is 14.8 Å². The molecule has 1 unspecified atom stereocenters. The maximum Gasteiger partial charge on any atom is 0.277 e. The van der Waals surface area contributed by atoms with Crippen LogP contribution in [0, 0.1) is 12.8 Å². The van der Waals surface area contributed by atoms with Gasteiger partial charge in [0.1, 0.15) is 4.21 Å². The van der Waals surface area contributed by atoms with E-state index < -0.39 is 40.9 Å². The van der Waals surface area contributed by atoms with Crippen LogP contribution in [0.3, 0.4) is 0 Å². The summed E-state index contributed by atoms with van der Waals surface area (Å²) >= 11 is 1.17. The van der Waals surface area contributed by atoms with Crippen molar-refractivity contribution in [1.82, 2.24) is 9.62 Å². The Bertz CT molecular complexity index is 697. The van der Waals surface area contributed by atoms with Gasteiger partial charge in [0.05, 0.1) is 19.0 Å². The molecule has 2 rings (SSSR count). The van der Waals surface area contributed by atoms with Gasteiger partial charge in [-0.25, -0.2) is 17.2 Å². The van der Waals surface area contributed by atoms with E-state index in [0.29, 0.717) is 19.4 Å². The quantitative estimate of drug-likeness (QED) is 0.735. The molecule has 0 radical (unpaired) electrons. The van der Waals surface area contributed by atoms with Crippen LogP contribution >= 0.6 is 23.7 Å². The van der Waals surface area contributed by atoms with Gasteiger partial charge in [0, 0.05) is 18.0 Å². The number of hydrogen-bond donors (Lipinski definition) is 2. The minimum absolute atomic E-state index is 0. The molecule has 1 amide bonds. The van der Waals surface area contributed by atoms with Crippen molar-refractivity contribution >= 4 is 39.7 Å². The Hall–Kier alpha value is -0.810. The van der Waals surface area contributed by atoms with E-state index in [1.54, 1.807) is 12.1 Å². The van der Waals surface area contributed by atoms with Crippen LogP contribution in [-0.4, -0.2) is 50.7 Å². The zero-order valence-electron chi connectivity index (χ0n) is 13.7. The third-order valence-electron chi connectivity index (χ3n) is 3.88. The number of piperidine rings is 1. The first-order chi connectivity index (χ1) is 11.2. The zero-order chi connectivity index (χ0) is 18.0. The number of sulfonamides is 1. The fraction of sp³-hybridized carbons (Fsp3) is 0.643.